The van der Waals surface area contributed by atoms with Gasteiger partial charge in [-0.05, 0) is 35.9 Å². The van der Waals surface area contributed by atoms with Crippen LogP contribution in [0.4, 0.5) is 5.69 Å². The third-order valence-electron chi connectivity index (χ3n) is 2.88. The molecule has 0 radical (unpaired) electrons. The lowest BCUT2D eigenvalue weighted by molar-refractivity contribution is -0.115. The predicted molar refractivity (Wildman–Crippen MR) is 87.2 cm³/mol. The third kappa shape index (κ3) is 3.91. The molecule has 0 heterocycles. The highest BCUT2D eigenvalue weighted by Gasteiger charge is 2.13. The first-order chi connectivity index (χ1) is 10.4. The van der Waals surface area contributed by atoms with Gasteiger partial charge in [0.15, 0.2) is 0 Å². The summed E-state index contributed by atoms with van der Waals surface area (Å²) in [5, 5.41) is 12.4. The van der Waals surface area contributed by atoms with Gasteiger partial charge in [0.25, 0.3) is 0 Å². The lowest BCUT2D eigenvalue weighted by Crippen LogP contribution is -2.15. The molecule has 0 bridgehead atoms. The fourth-order valence-corrected chi connectivity index (χ4v) is 2.63. The number of hydrogen-bond donors (Lipinski definition) is 2. The van der Waals surface area contributed by atoms with Crippen LogP contribution in [0, 0.1) is 0 Å². The number of carboxylic acids is 1. The van der Waals surface area contributed by atoms with Crippen molar-refractivity contribution in [2.24, 2.45) is 0 Å². The average molecular weight is 359 g/mol. The van der Waals surface area contributed by atoms with E-state index >= 15 is 0 Å². The van der Waals surface area contributed by atoms with Crippen molar-refractivity contribution in [1.82, 2.24) is 0 Å². The van der Waals surface area contributed by atoms with Crippen molar-refractivity contribution in [2.75, 3.05) is 5.32 Å². The van der Waals surface area contributed by atoms with Crippen LogP contribution in [0.2, 0.25) is 15.1 Å². The van der Waals surface area contributed by atoms with Crippen molar-refractivity contribution >= 4 is 52.4 Å². The van der Waals surface area contributed by atoms with E-state index in [-0.39, 0.29) is 22.9 Å². The Labute approximate surface area is 141 Å². The molecule has 0 aromatic heterocycles. The Morgan fingerprint density at radius 2 is 1.64 bits per heavy atom. The van der Waals surface area contributed by atoms with Crippen LogP contribution in [0.5, 0.6) is 0 Å². The molecule has 2 rings (SSSR count). The number of halogens is 3. The minimum absolute atomic E-state index is 0.00317. The summed E-state index contributed by atoms with van der Waals surface area (Å²) in [6, 6.07) is 9.14. The molecule has 0 fully saturated rings. The molecule has 0 spiro atoms. The number of anilines is 1. The lowest BCUT2D eigenvalue weighted by atomic mass is 10.1. The van der Waals surface area contributed by atoms with Gasteiger partial charge in [-0.1, -0.05) is 40.9 Å². The number of amides is 1. The van der Waals surface area contributed by atoms with Crippen molar-refractivity contribution in [1.29, 1.82) is 0 Å². The van der Waals surface area contributed by atoms with E-state index < -0.39 is 5.97 Å². The fraction of sp³-hybridized carbons (Fsp3) is 0.0667. The molecule has 0 aliphatic carbocycles. The van der Waals surface area contributed by atoms with E-state index in [1.807, 2.05) is 0 Å². The van der Waals surface area contributed by atoms with Crippen LogP contribution < -0.4 is 5.32 Å². The van der Waals surface area contributed by atoms with Gasteiger partial charge in [0, 0.05) is 15.7 Å². The molecule has 2 N–H and O–H groups in total. The topological polar surface area (TPSA) is 66.4 Å². The summed E-state index contributed by atoms with van der Waals surface area (Å²) in [5.41, 5.74) is 0.883. The molecular formula is C15H10Cl3NO3. The minimum atomic E-state index is -1.13. The second-order valence-corrected chi connectivity index (χ2v) is 5.65. The van der Waals surface area contributed by atoms with Crippen LogP contribution >= 0.6 is 34.8 Å². The van der Waals surface area contributed by atoms with Gasteiger partial charge in [0.2, 0.25) is 5.91 Å². The summed E-state index contributed by atoms with van der Waals surface area (Å²) >= 11 is 17.9. The number of carbonyl (C=O) groups is 2. The smallest absolute Gasteiger partial charge is 0.337 e. The van der Waals surface area contributed by atoms with E-state index in [0.717, 1.165) is 0 Å². The van der Waals surface area contributed by atoms with E-state index in [1.54, 1.807) is 18.2 Å². The molecule has 114 valence electrons. The highest BCUT2D eigenvalue weighted by molar-refractivity contribution is 6.36. The zero-order valence-electron chi connectivity index (χ0n) is 11.1. The molecule has 2 aromatic rings. The van der Waals surface area contributed by atoms with Gasteiger partial charge in [-0.25, -0.2) is 4.79 Å². The van der Waals surface area contributed by atoms with E-state index in [9.17, 15) is 9.59 Å². The Hall–Kier alpha value is -1.75. The van der Waals surface area contributed by atoms with E-state index in [1.165, 1.54) is 18.2 Å². The van der Waals surface area contributed by atoms with Gasteiger partial charge in [-0.3, -0.25) is 4.79 Å². The standard InChI is InChI=1S/C15H10Cl3NO3/c16-11-2-1-3-12(17)10(11)7-14(20)19-8-4-5-9(15(21)22)13(18)6-8/h1-6H,7H2,(H,19,20)(H,21,22). The number of hydrogen-bond acceptors (Lipinski definition) is 2. The Balaban J connectivity index is 2.13. The maximum absolute atomic E-state index is 12.0. The van der Waals surface area contributed by atoms with Crippen molar-refractivity contribution in [3.63, 3.8) is 0 Å². The molecule has 22 heavy (non-hydrogen) atoms. The van der Waals surface area contributed by atoms with Crippen molar-refractivity contribution in [2.45, 2.75) is 6.42 Å². The first kappa shape index (κ1) is 16.6. The van der Waals surface area contributed by atoms with E-state index in [4.69, 9.17) is 39.9 Å². The maximum atomic E-state index is 12.0. The van der Waals surface area contributed by atoms with Crippen molar-refractivity contribution < 1.29 is 14.7 Å². The van der Waals surface area contributed by atoms with Crippen LogP contribution in [-0.4, -0.2) is 17.0 Å². The average Bonchev–Trinajstić information content (AvgIpc) is 2.42. The number of carboxylic acid groups (broad SMARTS) is 1. The van der Waals surface area contributed by atoms with Gasteiger partial charge in [0.1, 0.15) is 0 Å². The first-order valence-electron chi connectivity index (χ1n) is 6.14. The second-order valence-electron chi connectivity index (χ2n) is 4.42. The minimum Gasteiger partial charge on any atom is -0.478 e. The zero-order valence-corrected chi connectivity index (χ0v) is 13.3. The lowest BCUT2D eigenvalue weighted by Gasteiger charge is -2.09. The summed E-state index contributed by atoms with van der Waals surface area (Å²) in [6.07, 6.45) is -0.00317. The fourth-order valence-electron chi connectivity index (χ4n) is 1.83. The maximum Gasteiger partial charge on any atom is 0.337 e. The van der Waals surface area contributed by atoms with Gasteiger partial charge in [-0.2, -0.15) is 0 Å². The van der Waals surface area contributed by atoms with Gasteiger partial charge >= 0.3 is 5.97 Å². The summed E-state index contributed by atoms with van der Waals surface area (Å²) in [4.78, 5) is 22.9. The third-order valence-corrected chi connectivity index (χ3v) is 3.90. The number of nitrogens with one attached hydrogen (secondary N) is 1. The Morgan fingerprint density at radius 3 is 2.18 bits per heavy atom. The van der Waals surface area contributed by atoms with Gasteiger partial charge < -0.3 is 10.4 Å². The highest BCUT2D eigenvalue weighted by atomic mass is 35.5. The molecule has 7 heteroatoms. The first-order valence-corrected chi connectivity index (χ1v) is 7.27. The largest absolute Gasteiger partial charge is 0.478 e. The SMILES string of the molecule is O=C(Cc1c(Cl)cccc1Cl)Nc1ccc(C(=O)O)c(Cl)c1. The highest BCUT2D eigenvalue weighted by Crippen LogP contribution is 2.25. The molecule has 4 nitrogen and oxygen atoms in total. The van der Waals surface area contributed by atoms with Crippen LogP contribution in [0.25, 0.3) is 0 Å². The Kier molecular flexibility index (Phi) is 5.29. The Morgan fingerprint density at radius 1 is 1.00 bits per heavy atom. The monoisotopic (exact) mass is 357 g/mol. The molecule has 0 atom stereocenters. The molecule has 0 aliphatic rings. The van der Waals surface area contributed by atoms with Crippen molar-refractivity contribution in [3.05, 3.63) is 62.6 Å². The van der Waals surface area contributed by atoms with E-state index in [0.29, 0.717) is 21.3 Å². The summed E-state index contributed by atoms with van der Waals surface area (Å²) in [6.45, 7) is 0. The number of benzene rings is 2. The summed E-state index contributed by atoms with van der Waals surface area (Å²) in [7, 11) is 0. The normalized spacial score (nSPS) is 10.3. The molecule has 0 unspecified atom stereocenters. The second kappa shape index (κ2) is 7.01. The quantitative estimate of drug-likeness (QED) is 0.844. The molecule has 0 aliphatic heterocycles. The van der Waals surface area contributed by atoms with Crippen molar-refractivity contribution in [3.8, 4) is 0 Å². The molecule has 2 aromatic carbocycles. The molecule has 1 amide bonds. The number of rotatable bonds is 4. The molecule has 0 saturated heterocycles. The van der Waals surface area contributed by atoms with E-state index in [2.05, 4.69) is 5.32 Å². The van der Waals surface area contributed by atoms with Crippen LogP contribution in [-0.2, 0) is 11.2 Å². The van der Waals surface area contributed by atoms with Crippen LogP contribution in [0.3, 0.4) is 0 Å². The van der Waals surface area contributed by atoms with Gasteiger partial charge in [-0.15, -0.1) is 0 Å². The number of carbonyl (C=O) groups excluding carboxylic acids is 1. The Bertz CT molecular complexity index is 727. The zero-order chi connectivity index (χ0) is 16.3. The van der Waals surface area contributed by atoms with Gasteiger partial charge in [0.05, 0.1) is 17.0 Å². The summed E-state index contributed by atoms with van der Waals surface area (Å²) < 4.78 is 0. The van der Waals surface area contributed by atoms with Crippen LogP contribution in [0.1, 0.15) is 15.9 Å². The van der Waals surface area contributed by atoms with Crippen LogP contribution in [0.15, 0.2) is 36.4 Å². The summed E-state index contributed by atoms with van der Waals surface area (Å²) in [5.74, 6) is -1.47. The number of aromatic carboxylic acids is 1. The molecular weight excluding hydrogens is 349 g/mol. The predicted octanol–water partition coefficient (Wildman–Crippen LogP) is 4.53. The molecule has 0 saturated carbocycles.